The van der Waals surface area contributed by atoms with Gasteiger partial charge in [0.05, 0.1) is 28.2 Å². The number of carbonyl (C=O) groups is 1. The van der Waals surface area contributed by atoms with Gasteiger partial charge in [-0.1, -0.05) is 48.5 Å². The number of rotatable bonds is 7. The predicted molar refractivity (Wildman–Crippen MR) is 109 cm³/mol. The van der Waals surface area contributed by atoms with E-state index in [1.54, 1.807) is 42.5 Å². The third-order valence-electron chi connectivity index (χ3n) is 4.51. The number of nitrogens with zero attached hydrogens (tertiary/aromatic N) is 1. The first-order valence-electron chi connectivity index (χ1n) is 8.82. The van der Waals surface area contributed by atoms with Crippen molar-refractivity contribution in [2.45, 2.75) is 19.8 Å². The lowest BCUT2D eigenvalue weighted by atomic mass is 9.99. The number of hydrogen-bond acceptors (Lipinski definition) is 3. The number of para-hydroxylation sites is 1. The SMILES string of the molecule is Cc1cccc(N(c2ccccc2CCc2ccccc2C(=O)O)S(=O)[O-])c1. The second kappa shape index (κ2) is 8.82. The van der Waals surface area contributed by atoms with Crippen molar-refractivity contribution in [3.8, 4) is 0 Å². The Kier molecular flexibility index (Phi) is 6.23. The lowest BCUT2D eigenvalue weighted by Gasteiger charge is -2.29. The summed E-state index contributed by atoms with van der Waals surface area (Å²) in [6.45, 7) is 1.91. The number of benzene rings is 3. The standard InChI is InChI=1S/C22H21NO4S/c1-16-7-6-10-19(15-16)23(28(26)27)21-12-5-3-9-18(21)14-13-17-8-2-4-11-20(17)22(24)25/h2-12,15H,13-14H2,1H3,(H,24,25)(H,26,27)/p-1. The highest BCUT2D eigenvalue weighted by atomic mass is 32.2. The van der Waals surface area contributed by atoms with E-state index in [0.29, 0.717) is 24.2 Å². The highest BCUT2D eigenvalue weighted by Gasteiger charge is 2.15. The molecule has 0 aliphatic carbocycles. The summed E-state index contributed by atoms with van der Waals surface area (Å²) in [6.07, 6.45) is 1.01. The molecule has 0 aliphatic rings. The molecule has 0 aliphatic heterocycles. The molecule has 1 unspecified atom stereocenters. The Hall–Kier alpha value is -2.96. The minimum absolute atomic E-state index is 0.267. The number of carboxylic acid groups (broad SMARTS) is 1. The predicted octanol–water partition coefficient (Wildman–Crippen LogP) is 4.41. The third-order valence-corrected chi connectivity index (χ3v) is 5.21. The highest BCUT2D eigenvalue weighted by Crippen LogP contribution is 2.31. The summed E-state index contributed by atoms with van der Waals surface area (Å²) in [7, 11) is 0. The minimum Gasteiger partial charge on any atom is -0.755 e. The molecule has 0 amide bonds. The molecule has 3 rings (SSSR count). The van der Waals surface area contributed by atoms with Crippen molar-refractivity contribution >= 4 is 28.6 Å². The van der Waals surface area contributed by atoms with E-state index in [2.05, 4.69) is 0 Å². The molecule has 144 valence electrons. The molecule has 0 spiro atoms. The highest BCUT2D eigenvalue weighted by molar-refractivity contribution is 7.81. The Labute approximate surface area is 166 Å². The molecule has 0 bridgehead atoms. The van der Waals surface area contributed by atoms with Gasteiger partial charge >= 0.3 is 5.97 Å². The molecule has 0 aromatic heterocycles. The number of carboxylic acids is 1. The van der Waals surface area contributed by atoms with E-state index in [-0.39, 0.29) is 5.56 Å². The van der Waals surface area contributed by atoms with Gasteiger partial charge in [-0.3, -0.25) is 8.51 Å². The van der Waals surface area contributed by atoms with E-state index < -0.39 is 17.2 Å². The van der Waals surface area contributed by atoms with Crippen LogP contribution in [-0.2, 0) is 24.1 Å². The van der Waals surface area contributed by atoms with Gasteiger partial charge < -0.3 is 9.66 Å². The number of aryl methyl sites for hydroxylation is 3. The second-order valence-electron chi connectivity index (χ2n) is 6.44. The van der Waals surface area contributed by atoms with E-state index in [1.807, 2.05) is 37.3 Å². The largest absolute Gasteiger partial charge is 0.755 e. The van der Waals surface area contributed by atoms with E-state index >= 15 is 0 Å². The smallest absolute Gasteiger partial charge is 0.335 e. The second-order valence-corrected chi connectivity index (χ2v) is 7.24. The van der Waals surface area contributed by atoms with Gasteiger partial charge in [-0.05, 0) is 60.7 Å². The topological polar surface area (TPSA) is 80.7 Å². The fourth-order valence-electron chi connectivity index (χ4n) is 3.20. The Bertz CT molecular complexity index is 1020. The maximum absolute atomic E-state index is 12.0. The molecular weight excluding hydrogens is 374 g/mol. The number of anilines is 2. The zero-order valence-corrected chi connectivity index (χ0v) is 16.2. The van der Waals surface area contributed by atoms with Gasteiger partial charge in [-0.15, -0.1) is 0 Å². The van der Waals surface area contributed by atoms with Crippen LogP contribution in [0.15, 0.2) is 72.8 Å². The van der Waals surface area contributed by atoms with Crippen LogP contribution in [0.4, 0.5) is 11.4 Å². The zero-order chi connectivity index (χ0) is 20.1. The van der Waals surface area contributed by atoms with Crippen LogP contribution < -0.4 is 4.31 Å². The lowest BCUT2D eigenvalue weighted by Crippen LogP contribution is -2.21. The van der Waals surface area contributed by atoms with Gasteiger partial charge in [-0.25, -0.2) is 4.79 Å². The van der Waals surface area contributed by atoms with E-state index in [9.17, 15) is 18.7 Å². The third kappa shape index (κ3) is 4.47. The van der Waals surface area contributed by atoms with Crippen molar-refractivity contribution in [2.75, 3.05) is 4.31 Å². The molecule has 28 heavy (non-hydrogen) atoms. The molecule has 6 heteroatoms. The molecule has 0 radical (unpaired) electrons. The van der Waals surface area contributed by atoms with Crippen molar-refractivity contribution in [2.24, 2.45) is 0 Å². The Balaban J connectivity index is 1.95. The first-order valence-corrected chi connectivity index (χ1v) is 9.86. The fraction of sp³-hybridized carbons (Fsp3) is 0.136. The summed E-state index contributed by atoms with van der Waals surface area (Å²) < 4.78 is 25.3. The Morgan fingerprint density at radius 2 is 1.61 bits per heavy atom. The van der Waals surface area contributed by atoms with Crippen LogP contribution >= 0.6 is 0 Å². The fourth-order valence-corrected chi connectivity index (χ4v) is 3.82. The molecule has 1 atom stereocenters. The van der Waals surface area contributed by atoms with Gasteiger partial charge in [0, 0.05) is 0 Å². The summed E-state index contributed by atoms with van der Waals surface area (Å²) in [4.78, 5) is 11.4. The Morgan fingerprint density at radius 1 is 0.964 bits per heavy atom. The number of aromatic carboxylic acids is 1. The first kappa shape index (κ1) is 19.8. The van der Waals surface area contributed by atoms with Crippen LogP contribution in [0.2, 0.25) is 0 Å². The average molecular weight is 394 g/mol. The molecule has 0 fully saturated rings. The van der Waals surface area contributed by atoms with Crippen molar-refractivity contribution < 1.29 is 18.7 Å². The number of hydrogen-bond donors (Lipinski definition) is 1. The van der Waals surface area contributed by atoms with Crippen LogP contribution in [0, 0.1) is 6.92 Å². The molecule has 0 saturated heterocycles. The summed E-state index contributed by atoms with van der Waals surface area (Å²) in [5, 5.41) is 9.36. The zero-order valence-electron chi connectivity index (χ0n) is 15.4. The van der Waals surface area contributed by atoms with Gasteiger partial charge in [0.1, 0.15) is 0 Å². The van der Waals surface area contributed by atoms with Crippen molar-refractivity contribution in [3.05, 3.63) is 95.1 Å². The van der Waals surface area contributed by atoms with Crippen LogP contribution in [0.5, 0.6) is 0 Å². The van der Waals surface area contributed by atoms with Gasteiger partial charge in [0.2, 0.25) is 0 Å². The molecule has 0 heterocycles. The van der Waals surface area contributed by atoms with Crippen LogP contribution in [-0.4, -0.2) is 19.8 Å². The summed E-state index contributed by atoms with van der Waals surface area (Å²) in [5.41, 5.74) is 3.90. The maximum atomic E-state index is 12.0. The quantitative estimate of drug-likeness (QED) is 0.602. The summed E-state index contributed by atoms with van der Waals surface area (Å²) in [5.74, 6) is -0.967. The molecule has 3 aromatic carbocycles. The van der Waals surface area contributed by atoms with Crippen LogP contribution in [0.1, 0.15) is 27.0 Å². The van der Waals surface area contributed by atoms with Gasteiger partial charge in [0.15, 0.2) is 0 Å². The minimum atomic E-state index is -2.49. The summed E-state index contributed by atoms with van der Waals surface area (Å²) >= 11 is -2.49. The van der Waals surface area contributed by atoms with Gasteiger partial charge in [-0.2, -0.15) is 0 Å². The molecule has 0 saturated carbocycles. The van der Waals surface area contributed by atoms with Crippen LogP contribution in [0.3, 0.4) is 0 Å². The lowest BCUT2D eigenvalue weighted by molar-refractivity contribution is 0.0695. The first-order chi connectivity index (χ1) is 13.5. The average Bonchev–Trinajstić information content (AvgIpc) is 2.67. The molecular formula is C22H20NO4S-. The van der Waals surface area contributed by atoms with Crippen LogP contribution in [0.25, 0.3) is 0 Å². The normalized spacial score (nSPS) is 11.8. The summed E-state index contributed by atoms with van der Waals surface area (Å²) in [6, 6.07) is 21.4. The van der Waals surface area contributed by atoms with Crippen molar-refractivity contribution in [3.63, 3.8) is 0 Å². The maximum Gasteiger partial charge on any atom is 0.335 e. The van der Waals surface area contributed by atoms with E-state index in [1.165, 1.54) is 4.31 Å². The van der Waals surface area contributed by atoms with E-state index in [4.69, 9.17) is 0 Å². The van der Waals surface area contributed by atoms with E-state index in [0.717, 1.165) is 16.7 Å². The molecule has 1 N–H and O–H groups in total. The van der Waals surface area contributed by atoms with Crippen molar-refractivity contribution in [1.29, 1.82) is 0 Å². The monoisotopic (exact) mass is 394 g/mol. The Morgan fingerprint density at radius 3 is 2.29 bits per heavy atom. The van der Waals surface area contributed by atoms with Crippen molar-refractivity contribution in [1.82, 2.24) is 0 Å². The molecule has 5 nitrogen and oxygen atoms in total. The van der Waals surface area contributed by atoms with Gasteiger partial charge in [0.25, 0.3) is 0 Å². The molecule has 3 aromatic rings.